The molecule has 0 aromatic carbocycles. The Hall–Kier alpha value is -0.770. The summed E-state index contributed by atoms with van der Waals surface area (Å²) in [6.07, 6.45) is -0.472. The van der Waals surface area contributed by atoms with Crippen molar-refractivity contribution in [1.82, 2.24) is 16.0 Å². The topological polar surface area (TPSA) is 134 Å². The summed E-state index contributed by atoms with van der Waals surface area (Å²) in [6.45, 7) is 0.389. The Morgan fingerprint density at radius 3 is 1.43 bits per heavy atom. The first-order chi connectivity index (χ1) is 6.58. The van der Waals surface area contributed by atoms with Gasteiger partial charge in [0.1, 0.15) is 6.29 Å². The maximum atomic E-state index is 9.00. The molecule has 0 amide bonds. The van der Waals surface area contributed by atoms with Gasteiger partial charge in [0.25, 0.3) is 5.97 Å². The summed E-state index contributed by atoms with van der Waals surface area (Å²) >= 11 is 0. The van der Waals surface area contributed by atoms with Crippen LogP contribution in [0, 0.1) is 0 Å². The molecule has 0 aliphatic heterocycles. The number of carboxylic acids is 1. The lowest BCUT2D eigenvalue weighted by atomic mass is 10.7. The van der Waals surface area contributed by atoms with Crippen LogP contribution in [0.15, 0.2) is 0 Å². The summed E-state index contributed by atoms with van der Waals surface area (Å²) in [5.41, 5.74) is 0. The average molecular weight is 211 g/mol. The fraction of sp³-hybridized carbons (Fsp3) is 0.833. The lowest BCUT2D eigenvalue weighted by Crippen LogP contribution is -2.53. The first-order valence-corrected chi connectivity index (χ1v) is 3.80. The van der Waals surface area contributed by atoms with Crippen LogP contribution in [0.3, 0.4) is 0 Å². The van der Waals surface area contributed by atoms with Crippen LogP contribution in [-0.2, 0) is 4.79 Å². The molecule has 0 spiro atoms. The molecule has 0 saturated heterocycles. The van der Waals surface area contributed by atoms with E-state index in [0.717, 1.165) is 6.92 Å². The van der Waals surface area contributed by atoms with Crippen molar-refractivity contribution in [3.63, 3.8) is 0 Å². The van der Waals surface area contributed by atoms with Gasteiger partial charge < -0.3 is 20.4 Å². The van der Waals surface area contributed by atoms with E-state index >= 15 is 0 Å². The zero-order chi connectivity index (χ0) is 11.4. The highest BCUT2D eigenvalue weighted by Crippen LogP contribution is 1.66. The second-order valence-corrected chi connectivity index (χ2v) is 2.04. The zero-order valence-electron chi connectivity index (χ0n) is 7.90. The fourth-order valence-corrected chi connectivity index (χ4v) is 0.490. The molecule has 0 aromatic rings. The number of aliphatic hydroxyl groups is 3. The molecule has 0 rings (SSSR count). The third kappa shape index (κ3) is 17.4. The highest BCUT2D eigenvalue weighted by atomic mass is 16.4. The minimum absolute atomic E-state index is 0.231. The monoisotopic (exact) mass is 211 g/mol. The molecule has 0 unspecified atom stereocenters. The van der Waals surface area contributed by atoms with Crippen LogP contribution in [0.2, 0.25) is 0 Å². The van der Waals surface area contributed by atoms with Gasteiger partial charge >= 0.3 is 0 Å². The van der Waals surface area contributed by atoms with E-state index in [1.807, 2.05) is 0 Å². The average Bonchev–Trinajstić information content (AvgIpc) is 2.04. The number of rotatable bonds is 6. The second kappa shape index (κ2) is 12.2. The molecule has 0 bridgehead atoms. The number of hydrogen-bond donors (Lipinski definition) is 7. The Morgan fingerprint density at radius 1 is 1.07 bits per heavy atom. The van der Waals surface area contributed by atoms with E-state index in [1.54, 1.807) is 0 Å². The number of aliphatic carboxylic acids is 1. The Kier molecular flexibility index (Phi) is 13.7. The molecule has 0 radical (unpaired) electrons. The molecule has 0 fully saturated rings. The molecule has 8 nitrogen and oxygen atoms in total. The molecule has 0 aliphatic rings. The standard InChI is InChI=1S/C4H13N3O3.C2H4O2/c8-1-5-4(6-2-9)7-3-10;1-2(3)4/h4-10H,1-3H2;1H3,(H,3,4). The molecule has 14 heavy (non-hydrogen) atoms. The first kappa shape index (κ1) is 15.7. The zero-order valence-corrected chi connectivity index (χ0v) is 7.90. The van der Waals surface area contributed by atoms with Crippen LogP contribution in [0.4, 0.5) is 0 Å². The molecule has 0 aliphatic carbocycles. The maximum absolute atomic E-state index is 9.00. The molecule has 0 heterocycles. The van der Waals surface area contributed by atoms with E-state index in [-0.39, 0.29) is 20.2 Å². The molecule has 7 N–H and O–H groups in total. The van der Waals surface area contributed by atoms with E-state index in [2.05, 4.69) is 16.0 Å². The summed E-state index contributed by atoms with van der Waals surface area (Å²) in [6, 6.07) is 0. The molecular weight excluding hydrogens is 194 g/mol. The summed E-state index contributed by atoms with van der Waals surface area (Å²) in [4.78, 5) is 9.00. The van der Waals surface area contributed by atoms with Crippen LogP contribution in [-0.4, -0.2) is 52.9 Å². The number of hydrogen-bond acceptors (Lipinski definition) is 7. The summed E-state index contributed by atoms with van der Waals surface area (Å²) < 4.78 is 0. The van der Waals surface area contributed by atoms with Gasteiger partial charge in [0.2, 0.25) is 0 Å². The molecule has 0 aromatic heterocycles. The molecular formula is C6H17N3O5. The summed E-state index contributed by atoms with van der Waals surface area (Å²) in [5.74, 6) is -0.833. The van der Waals surface area contributed by atoms with Crippen LogP contribution in [0.5, 0.6) is 0 Å². The molecule has 0 saturated carbocycles. The van der Waals surface area contributed by atoms with Crippen molar-refractivity contribution in [2.45, 2.75) is 13.2 Å². The largest absolute Gasteiger partial charge is 0.481 e. The van der Waals surface area contributed by atoms with Crippen LogP contribution < -0.4 is 16.0 Å². The van der Waals surface area contributed by atoms with E-state index in [0.29, 0.717) is 0 Å². The smallest absolute Gasteiger partial charge is 0.300 e. The minimum atomic E-state index is -0.833. The Morgan fingerprint density at radius 2 is 1.29 bits per heavy atom. The van der Waals surface area contributed by atoms with Gasteiger partial charge in [0.05, 0.1) is 20.2 Å². The van der Waals surface area contributed by atoms with Gasteiger partial charge in [0.15, 0.2) is 0 Å². The number of carbonyl (C=O) groups is 1. The molecule has 86 valence electrons. The van der Waals surface area contributed by atoms with Crippen molar-refractivity contribution >= 4 is 5.97 Å². The normalized spacial score (nSPS) is 9.50. The predicted molar refractivity (Wildman–Crippen MR) is 47.8 cm³/mol. The minimum Gasteiger partial charge on any atom is -0.481 e. The predicted octanol–water partition coefficient (Wildman–Crippen LogP) is -3.02. The van der Waals surface area contributed by atoms with Crippen LogP contribution >= 0.6 is 0 Å². The third-order valence-corrected chi connectivity index (χ3v) is 0.886. The van der Waals surface area contributed by atoms with Gasteiger partial charge in [-0.2, -0.15) is 0 Å². The fourth-order valence-electron chi connectivity index (χ4n) is 0.490. The Bertz CT molecular complexity index is 116. The number of nitrogens with one attached hydrogen (secondary N) is 3. The van der Waals surface area contributed by atoms with Crippen molar-refractivity contribution in [2.24, 2.45) is 0 Å². The first-order valence-electron chi connectivity index (χ1n) is 3.80. The summed E-state index contributed by atoms with van der Waals surface area (Å²) in [7, 11) is 0. The van der Waals surface area contributed by atoms with Gasteiger partial charge in [-0.3, -0.25) is 20.7 Å². The van der Waals surface area contributed by atoms with Crippen molar-refractivity contribution in [3.05, 3.63) is 0 Å². The van der Waals surface area contributed by atoms with Gasteiger partial charge in [-0.15, -0.1) is 0 Å². The van der Waals surface area contributed by atoms with Gasteiger partial charge in [-0.25, -0.2) is 0 Å². The van der Waals surface area contributed by atoms with Crippen LogP contribution in [0.1, 0.15) is 6.92 Å². The molecule has 8 heteroatoms. The quantitative estimate of drug-likeness (QED) is 0.231. The van der Waals surface area contributed by atoms with E-state index in [4.69, 9.17) is 25.2 Å². The molecule has 0 atom stereocenters. The Labute approximate surface area is 81.6 Å². The second-order valence-electron chi connectivity index (χ2n) is 2.04. The van der Waals surface area contributed by atoms with Crippen molar-refractivity contribution in [1.29, 1.82) is 0 Å². The van der Waals surface area contributed by atoms with Crippen molar-refractivity contribution in [2.75, 3.05) is 20.2 Å². The number of aliphatic hydroxyl groups excluding tert-OH is 3. The van der Waals surface area contributed by atoms with E-state index in [1.165, 1.54) is 0 Å². The van der Waals surface area contributed by atoms with Crippen LogP contribution in [0.25, 0.3) is 0 Å². The van der Waals surface area contributed by atoms with Gasteiger partial charge in [0, 0.05) is 6.92 Å². The SMILES string of the molecule is CC(=O)O.OCNC(NCO)NCO. The highest BCUT2D eigenvalue weighted by Gasteiger charge is 2.00. The van der Waals surface area contributed by atoms with Crippen molar-refractivity contribution < 1.29 is 25.2 Å². The maximum Gasteiger partial charge on any atom is 0.300 e. The van der Waals surface area contributed by atoms with E-state index in [9.17, 15) is 0 Å². The van der Waals surface area contributed by atoms with Gasteiger partial charge in [-0.05, 0) is 0 Å². The summed E-state index contributed by atoms with van der Waals surface area (Å²) in [5, 5.41) is 39.9. The lowest BCUT2D eigenvalue weighted by molar-refractivity contribution is -0.134. The van der Waals surface area contributed by atoms with E-state index < -0.39 is 12.3 Å². The third-order valence-electron chi connectivity index (χ3n) is 0.886. The highest BCUT2D eigenvalue weighted by molar-refractivity contribution is 5.62. The lowest BCUT2D eigenvalue weighted by Gasteiger charge is -2.17. The van der Waals surface area contributed by atoms with Gasteiger partial charge in [-0.1, -0.05) is 0 Å². The Balaban J connectivity index is 0. The number of carboxylic acid groups (broad SMARTS) is 1. The van der Waals surface area contributed by atoms with Crippen molar-refractivity contribution in [3.8, 4) is 0 Å².